The molecule has 3 rings (SSSR count). The Bertz CT molecular complexity index is 894. The molecular formula is C26H30ClNO2. The van der Waals surface area contributed by atoms with Crippen LogP contribution in [0.15, 0.2) is 78.9 Å². The molecule has 0 saturated heterocycles. The van der Waals surface area contributed by atoms with Crippen LogP contribution < -0.4 is 4.74 Å². The van der Waals surface area contributed by atoms with E-state index in [1.165, 1.54) is 0 Å². The van der Waals surface area contributed by atoms with Crippen molar-refractivity contribution in [1.29, 1.82) is 0 Å². The van der Waals surface area contributed by atoms with Crippen LogP contribution in [-0.4, -0.2) is 36.2 Å². The van der Waals surface area contributed by atoms with E-state index in [2.05, 4.69) is 30.9 Å². The molecule has 0 aliphatic heterocycles. The van der Waals surface area contributed by atoms with Crippen LogP contribution >= 0.6 is 11.6 Å². The smallest absolute Gasteiger partial charge is 0.119 e. The zero-order valence-corrected chi connectivity index (χ0v) is 18.4. The Kier molecular flexibility index (Phi) is 8.18. The van der Waals surface area contributed by atoms with Gasteiger partial charge >= 0.3 is 0 Å². The predicted octanol–water partition coefficient (Wildman–Crippen LogP) is 6.22. The fourth-order valence-corrected chi connectivity index (χ4v) is 4.12. The van der Waals surface area contributed by atoms with Crippen molar-refractivity contribution in [1.82, 2.24) is 4.90 Å². The van der Waals surface area contributed by atoms with Gasteiger partial charge in [-0.15, -0.1) is 11.6 Å². The van der Waals surface area contributed by atoms with Crippen molar-refractivity contribution < 1.29 is 9.84 Å². The topological polar surface area (TPSA) is 32.7 Å². The molecule has 0 aliphatic rings. The lowest BCUT2D eigenvalue weighted by Crippen LogP contribution is -2.27. The Hall–Kier alpha value is -2.49. The molecule has 0 saturated carbocycles. The highest BCUT2D eigenvalue weighted by Crippen LogP contribution is 2.42. The molecule has 0 radical (unpaired) electrons. The normalized spacial score (nSPS) is 13.2. The van der Waals surface area contributed by atoms with E-state index in [1.807, 2.05) is 54.6 Å². The second-order valence-corrected chi connectivity index (χ2v) is 7.80. The van der Waals surface area contributed by atoms with Gasteiger partial charge in [0.2, 0.25) is 0 Å². The minimum absolute atomic E-state index is 0.0918. The minimum atomic E-state index is -0.262. The second-order valence-electron chi connectivity index (χ2n) is 7.33. The average Bonchev–Trinajstić information content (AvgIpc) is 2.78. The van der Waals surface area contributed by atoms with Crippen molar-refractivity contribution in [3.8, 4) is 11.5 Å². The maximum atomic E-state index is 10.0. The van der Waals surface area contributed by atoms with E-state index in [0.29, 0.717) is 6.61 Å². The van der Waals surface area contributed by atoms with Crippen LogP contribution in [0, 0.1) is 0 Å². The highest BCUT2D eigenvalue weighted by molar-refractivity contribution is 6.21. The molecule has 30 heavy (non-hydrogen) atoms. The first-order valence-corrected chi connectivity index (χ1v) is 11.0. The van der Waals surface area contributed by atoms with E-state index in [1.54, 1.807) is 12.1 Å². The lowest BCUT2D eigenvalue weighted by atomic mass is 9.85. The van der Waals surface area contributed by atoms with Crippen LogP contribution in [0.3, 0.4) is 0 Å². The van der Waals surface area contributed by atoms with Gasteiger partial charge in [0.1, 0.15) is 18.1 Å². The van der Waals surface area contributed by atoms with Crippen LogP contribution in [0.4, 0.5) is 0 Å². The molecule has 0 heterocycles. The van der Waals surface area contributed by atoms with E-state index < -0.39 is 0 Å². The summed E-state index contributed by atoms with van der Waals surface area (Å²) in [5, 5.41) is 9.76. The maximum Gasteiger partial charge on any atom is 0.119 e. The van der Waals surface area contributed by atoms with E-state index in [0.717, 1.165) is 42.1 Å². The van der Waals surface area contributed by atoms with Gasteiger partial charge in [-0.05, 0) is 54.0 Å². The van der Waals surface area contributed by atoms with Gasteiger partial charge in [0.25, 0.3) is 0 Å². The predicted molar refractivity (Wildman–Crippen MR) is 125 cm³/mol. The van der Waals surface area contributed by atoms with E-state index in [-0.39, 0.29) is 17.0 Å². The van der Waals surface area contributed by atoms with Crippen molar-refractivity contribution in [2.45, 2.75) is 25.1 Å². The molecular weight excluding hydrogens is 394 g/mol. The first-order chi connectivity index (χ1) is 14.6. The van der Waals surface area contributed by atoms with Gasteiger partial charge in [-0.1, -0.05) is 68.4 Å². The number of hydrogen-bond acceptors (Lipinski definition) is 3. The molecule has 2 atom stereocenters. The van der Waals surface area contributed by atoms with Crippen molar-refractivity contribution in [2.75, 3.05) is 26.2 Å². The Morgan fingerprint density at radius 3 is 2.13 bits per heavy atom. The number of rotatable bonds is 10. The first-order valence-electron chi connectivity index (χ1n) is 10.6. The monoisotopic (exact) mass is 423 g/mol. The zero-order valence-electron chi connectivity index (χ0n) is 17.7. The summed E-state index contributed by atoms with van der Waals surface area (Å²) in [6.45, 7) is 7.96. The molecule has 1 N–H and O–H groups in total. The Morgan fingerprint density at radius 1 is 0.833 bits per heavy atom. The van der Waals surface area contributed by atoms with Crippen LogP contribution in [0.25, 0.3) is 0 Å². The molecule has 158 valence electrons. The molecule has 0 fully saturated rings. The molecule has 3 aromatic carbocycles. The lowest BCUT2D eigenvalue weighted by Gasteiger charge is -2.24. The van der Waals surface area contributed by atoms with Gasteiger partial charge in [-0.25, -0.2) is 0 Å². The van der Waals surface area contributed by atoms with Gasteiger partial charge in [-0.2, -0.15) is 0 Å². The lowest BCUT2D eigenvalue weighted by molar-refractivity contribution is 0.223. The number of hydrogen-bond donors (Lipinski definition) is 1. The van der Waals surface area contributed by atoms with Crippen LogP contribution in [0.2, 0.25) is 0 Å². The quantitative estimate of drug-likeness (QED) is 0.392. The molecule has 0 aromatic heterocycles. The maximum absolute atomic E-state index is 10.0. The summed E-state index contributed by atoms with van der Waals surface area (Å²) in [6, 6.07) is 25.5. The molecule has 0 amide bonds. The molecule has 2 unspecified atom stereocenters. The van der Waals surface area contributed by atoms with Crippen LogP contribution in [-0.2, 0) is 0 Å². The largest absolute Gasteiger partial charge is 0.508 e. The fraction of sp³-hybridized carbons (Fsp3) is 0.308. The first kappa shape index (κ1) is 22.2. The zero-order chi connectivity index (χ0) is 21.3. The third kappa shape index (κ3) is 5.78. The number of phenols is 1. The number of nitrogens with zero attached hydrogens (tertiary/aromatic N) is 1. The SMILES string of the molecule is CCN(CC)CCOc1ccc(C(c2cccc(O)c2)C(Cl)c2ccccc2)cc1. The summed E-state index contributed by atoms with van der Waals surface area (Å²) >= 11 is 6.97. The summed E-state index contributed by atoms with van der Waals surface area (Å²) in [6.07, 6.45) is 0. The Morgan fingerprint density at radius 2 is 1.50 bits per heavy atom. The Balaban J connectivity index is 1.81. The summed E-state index contributed by atoms with van der Waals surface area (Å²) in [7, 11) is 0. The van der Waals surface area contributed by atoms with Gasteiger partial charge < -0.3 is 14.7 Å². The number of benzene rings is 3. The molecule has 0 spiro atoms. The minimum Gasteiger partial charge on any atom is -0.508 e. The molecule has 3 nitrogen and oxygen atoms in total. The summed E-state index contributed by atoms with van der Waals surface area (Å²) in [5.74, 6) is 1.00. The number of likely N-dealkylation sites (N-methyl/N-ethyl adjacent to an activating group) is 1. The number of phenolic OH excluding ortho intramolecular Hbond substituents is 1. The van der Waals surface area contributed by atoms with E-state index >= 15 is 0 Å². The number of alkyl halides is 1. The number of halogens is 1. The van der Waals surface area contributed by atoms with Gasteiger partial charge in [-0.3, -0.25) is 0 Å². The molecule has 4 heteroatoms. The van der Waals surface area contributed by atoms with Gasteiger partial charge in [0.15, 0.2) is 0 Å². The third-order valence-corrected chi connectivity index (χ3v) is 5.95. The van der Waals surface area contributed by atoms with E-state index in [4.69, 9.17) is 16.3 Å². The van der Waals surface area contributed by atoms with Crippen molar-refractivity contribution in [2.24, 2.45) is 0 Å². The summed E-state index contributed by atoms with van der Waals surface area (Å²) in [4.78, 5) is 2.34. The number of aromatic hydroxyl groups is 1. The fourth-order valence-electron chi connectivity index (χ4n) is 3.68. The molecule has 3 aromatic rings. The molecule has 0 bridgehead atoms. The number of ether oxygens (including phenoxy) is 1. The van der Waals surface area contributed by atoms with Crippen LogP contribution in [0.1, 0.15) is 41.8 Å². The summed E-state index contributed by atoms with van der Waals surface area (Å²) in [5.41, 5.74) is 3.11. The summed E-state index contributed by atoms with van der Waals surface area (Å²) < 4.78 is 5.93. The Labute approximate surface area is 184 Å². The van der Waals surface area contributed by atoms with Gasteiger partial charge in [0, 0.05) is 12.5 Å². The standard InChI is InChI=1S/C26H30ClNO2/c1-3-28(4-2)17-18-30-24-15-13-20(14-16-24)25(22-11-8-12-23(29)19-22)26(27)21-9-6-5-7-10-21/h5-16,19,25-26,29H,3-4,17-18H2,1-2H3. The second kappa shape index (κ2) is 11.1. The van der Waals surface area contributed by atoms with Crippen molar-refractivity contribution in [3.05, 3.63) is 95.6 Å². The van der Waals surface area contributed by atoms with Crippen molar-refractivity contribution >= 4 is 11.6 Å². The average molecular weight is 424 g/mol. The van der Waals surface area contributed by atoms with Gasteiger partial charge in [0.05, 0.1) is 5.38 Å². The van der Waals surface area contributed by atoms with E-state index in [9.17, 15) is 5.11 Å². The third-order valence-electron chi connectivity index (χ3n) is 5.45. The van der Waals surface area contributed by atoms with Crippen LogP contribution in [0.5, 0.6) is 11.5 Å². The molecule has 0 aliphatic carbocycles. The highest BCUT2D eigenvalue weighted by atomic mass is 35.5. The highest BCUT2D eigenvalue weighted by Gasteiger charge is 2.25. The van der Waals surface area contributed by atoms with Crippen molar-refractivity contribution in [3.63, 3.8) is 0 Å².